The second-order valence-electron chi connectivity index (χ2n) is 8.83. The fraction of sp³-hybridized carbons (Fsp3) is 0.500. The number of alkyl halides is 3. The number of carbonyl (C=O) groups excluding carboxylic acids is 2. The van der Waals surface area contributed by atoms with Crippen LogP contribution in [0.5, 0.6) is 0 Å². The normalized spacial score (nSPS) is 18.0. The summed E-state index contributed by atoms with van der Waals surface area (Å²) in [5, 5.41) is 7.63. The Kier molecular flexibility index (Phi) is 7.77. The van der Waals surface area contributed by atoms with Crippen molar-refractivity contribution in [2.24, 2.45) is 0 Å². The molecule has 0 unspecified atom stereocenters. The van der Waals surface area contributed by atoms with Crippen LogP contribution in [0.15, 0.2) is 35.7 Å². The molecule has 0 bridgehead atoms. The predicted molar refractivity (Wildman–Crippen MR) is 127 cm³/mol. The fourth-order valence-electron chi connectivity index (χ4n) is 4.52. The van der Waals surface area contributed by atoms with Gasteiger partial charge in [-0.05, 0) is 61.7 Å². The van der Waals surface area contributed by atoms with Crippen LogP contribution in [0, 0.1) is 0 Å². The Morgan fingerprint density at radius 2 is 1.76 bits per heavy atom. The standard InChI is InChI=1S/C24H29F3N4O2S/c25-24(26,27)17-6-7-20(31-10-2-1-3-11-31)19(15-17)29-22(32)16-30-12-8-18(9-13-30)28-23(33)21-5-4-14-34-21/h4-7,14-15,18H,1-3,8-13,16H2,(H,28,33)(H,29,32). The number of likely N-dealkylation sites (tertiary alicyclic amines) is 1. The summed E-state index contributed by atoms with van der Waals surface area (Å²) in [6.45, 7) is 2.88. The molecule has 1 aromatic carbocycles. The Balaban J connectivity index is 1.34. The van der Waals surface area contributed by atoms with Gasteiger partial charge in [-0.1, -0.05) is 6.07 Å². The summed E-state index contributed by atoms with van der Waals surface area (Å²) in [6.07, 6.45) is 0.0105. The molecule has 2 aliphatic heterocycles. The molecule has 0 spiro atoms. The smallest absolute Gasteiger partial charge is 0.370 e. The average molecular weight is 495 g/mol. The highest BCUT2D eigenvalue weighted by atomic mass is 32.1. The van der Waals surface area contributed by atoms with Crippen LogP contribution in [0.4, 0.5) is 24.5 Å². The van der Waals surface area contributed by atoms with Crippen molar-refractivity contribution in [2.75, 3.05) is 42.9 Å². The Morgan fingerprint density at radius 3 is 2.41 bits per heavy atom. The fourth-order valence-corrected chi connectivity index (χ4v) is 5.14. The van der Waals surface area contributed by atoms with Gasteiger partial charge >= 0.3 is 6.18 Å². The van der Waals surface area contributed by atoms with Crippen molar-refractivity contribution in [1.82, 2.24) is 10.2 Å². The molecular weight excluding hydrogens is 465 g/mol. The molecule has 34 heavy (non-hydrogen) atoms. The van der Waals surface area contributed by atoms with Crippen molar-refractivity contribution in [3.8, 4) is 0 Å². The highest BCUT2D eigenvalue weighted by Crippen LogP contribution is 2.36. The molecule has 1 aromatic heterocycles. The predicted octanol–water partition coefficient (Wildman–Crippen LogP) is 4.59. The number of benzene rings is 1. The first-order chi connectivity index (χ1) is 16.3. The summed E-state index contributed by atoms with van der Waals surface area (Å²) in [4.78, 5) is 29.7. The van der Waals surface area contributed by atoms with E-state index in [2.05, 4.69) is 10.6 Å². The molecule has 0 radical (unpaired) electrons. The Labute approximate surface area is 201 Å². The van der Waals surface area contributed by atoms with E-state index in [9.17, 15) is 22.8 Å². The van der Waals surface area contributed by atoms with E-state index in [1.807, 2.05) is 21.2 Å². The summed E-state index contributed by atoms with van der Waals surface area (Å²) < 4.78 is 39.9. The molecule has 10 heteroatoms. The second kappa shape index (κ2) is 10.8. The maximum atomic E-state index is 13.3. The maximum Gasteiger partial charge on any atom is 0.416 e. The van der Waals surface area contributed by atoms with Gasteiger partial charge in [0.2, 0.25) is 5.91 Å². The molecule has 0 saturated carbocycles. The minimum Gasteiger partial charge on any atom is -0.370 e. The molecule has 2 N–H and O–H groups in total. The van der Waals surface area contributed by atoms with Gasteiger partial charge in [-0.15, -0.1) is 11.3 Å². The van der Waals surface area contributed by atoms with Gasteiger partial charge in [0.05, 0.1) is 28.4 Å². The zero-order valence-corrected chi connectivity index (χ0v) is 19.7. The van der Waals surface area contributed by atoms with Gasteiger partial charge in [0.25, 0.3) is 5.91 Å². The van der Waals surface area contributed by atoms with E-state index < -0.39 is 11.7 Å². The van der Waals surface area contributed by atoms with Gasteiger partial charge < -0.3 is 15.5 Å². The zero-order chi connectivity index (χ0) is 24.1. The van der Waals surface area contributed by atoms with Gasteiger partial charge in [0, 0.05) is 32.2 Å². The Morgan fingerprint density at radius 1 is 1.03 bits per heavy atom. The molecule has 3 heterocycles. The first-order valence-corrected chi connectivity index (χ1v) is 12.5. The second-order valence-corrected chi connectivity index (χ2v) is 9.77. The summed E-state index contributed by atoms with van der Waals surface area (Å²) in [7, 11) is 0. The quantitative estimate of drug-likeness (QED) is 0.617. The van der Waals surface area contributed by atoms with Crippen LogP contribution in [0.2, 0.25) is 0 Å². The Hall–Kier alpha value is -2.59. The van der Waals surface area contributed by atoms with E-state index in [0.717, 1.165) is 44.5 Å². The first-order valence-electron chi connectivity index (χ1n) is 11.6. The van der Waals surface area contributed by atoms with Crippen LogP contribution < -0.4 is 15.5 Å². The number of nitrogens with zero attached hydrogens (tertiary/aromatic N) is 2. The summed E-state index contributed by atoms with van der Waals surface area (Å²) in [5.41, 5.74) is 0.0710. The number of hydrogen-bond donors (Lipinski definition) is 2. The van der Waals surface area contributed by atoms with E-state index in [0.29, 0.717) is 36.5 Å². The summed E-state index contributed by atoms with van der Waals surface area (Å²) in [5.74, 6) is -0.417. The lowest BCUT2D eigenvalue weighted by atomic mass is 10.0. The highest BCUT2D eigenvalue weighted by Gasteiger charge is 2.32. The van der Waals surface area contributed by atoms with Crippen molar-refractivity contribution in [3.05, 3.63) is 46.2 Å². The van der Waals surface area contributed by atoms with Crippen molar-refractivity contribution >= 4 is 34.5 Å². The van der Waals surface area contributed by atoms with Crippen LogP contribution in [0.25, 0.3) is 0 Å². The van der Waals surface area contributed by atoms with E-state index >= 15 is 0 Å². The monoisotopic (exact) mass is 494 g/mol. The number of carbonyl (C=O) groups is 2. The van der Waals surface area contributed by atoms with E-state index in [1.165, 1.54) is 17.4 Å². The number of thiophene rings is 1. The average Bonchev–Trinajstić information content (AvgIpc) is 3.35. The number of piperidine rings is 2. The van der Waals surface area contributed by atoms with Crippen LogP contribution in [-0.2, 0) is 11.0 Å². The molecule has 2 aromatic rings. The lowest BCUT2D eigenvalue weighted by molar-refractivity contribution is -0.137. The van der Waals surface area contributed by atoms with E-state index in [1.54, 1.807) is 6.07 Å². The largest absolute Gasteiger partial charge is 0.416 e. The number of anilines is 2. The topological polar surface area (TPSA) is 64.7 Å². The number of amides is 2. The first kappa shape index (κ1) is 24.5. The minimum absolute atomic E-state index is 0.0445. The molecule has 4 rings (SSSR count). The lowest BCUT2D eigenvalue weighted by Crippen LogP contribution is -2.46. The lowest BCUT2D eigenvalue weighted by Gasteiger charge is -2.33. The van der Waals surface area contributed by atoms with Crippen molar-refractivity contribution < 1.29 is 22.8 Å². The van der Waals surface area contributed by atoms with Gasteiger partial charge in [-0.25, -0.2) is 0 Å². The molecule has 2 saturated heterocycles. The third kappa shape index (κ3) is 6.29. The van der Waals surface area contributed by atoms with Gasteiger partial charge in [0.15, 0.2) is 0 Å². The minimum atomic E-state index is -4.48. The Bertz CT molecular complexity index is 983. The zero-order valence-electron chi connectivity index (χ0n) is 18.9. The number of rotatable bonds is 6. The molecule has 0 aliphatic carbocycles. The highest BCUT2D eigenvalue weighted by molar-refractivity contribution is 7.12. The summed E-state index contributed by atoms with van der Waals surface area (Å²) in [6, 6.07) is 7.24. The molecule has 2 fully saturated rings. The summed E-state index contributed by atoms with van der Waals surface area (Å²) >= 11 is 1.39. The molecule has 2 amide bonds. The molecule has 0 atom stereocenters. The van der Waals surface area contributed by atoms with Crippen LogP contribution in [-0.4, -0.2) is 55.5 Å². The van der Waals surface area contributed by atoms with Crippen molar-refractivity contribution in [3.63, 3.8) is 0 Å². The number of nitrogens with one attached hydrogen (secondary N) is 2. The molecule has 2 aliphatic rings. The van der Waals surface area contributed by atoms with Crippen LogP contribution >= 0.6 is 11.3 Å². The van der Waals surface area contributed by atoms with Gasteiger partial charge in [-0.3, -0.25) is 14.5 Å². The van der Waals surface area contributed by atoms with Crippen LogP contribution in [0.1, 0.15) is 47.3 Å². The maximum absolute atomic E-state index is 13.3. The molecule has 184 valence electrons. The van der Waals surface area contributed by atoms with Crippen LogP contribution in [0.3, 0.4) is 0 Å². The van der Waals surface area contributed by atoms with E-state index in [4.69, 9.17) is 0 Å². The van der Waals surface area contributed by atoms with E-state index in [-0.39, 0.29) is 30.1 Å². The third-order valence-electron chi connectivity index (χ3n) is 6.33. The number of hydrogen-bond acceptors (Lipinski definition) is 5. The SMILES string of the molecule is O=C(CN1CCC(NC(=O)c2cccs2)CC1)Nc1cc(C(F)(F)F)ccc1N1CCCCC1. The van der Waals surface area contributed by atoms with Crippen molar-refractivity contribution in [2.45, 2.75) is 44.3 Å². The van der Waals surface area contributed by atoms with Gasteiger partial charge in [0.1, 0.15) is 0 Å². The molecule has 6 nitrogen and oxygen atoms in total. The third-order valence-corrected chi connectivity index (χ3v) is 7.20. The van der Waals surface area contributed by atoms with Crippen molar-refractivity contribution in [1.29, 1.82) is 0 Å². The number of halogens is 3. The molecular formula is C24H29F3N4O2S. The van der Waals surface area contributed by atoms with Gasteiger partial charge in [-0.2, -0.15) is 13.2 Å².